The molecule has 0 saturated heterocycles. The molecule has 3 atom stereocenters. The van der Waals surface area contributed by atoms with Gasteiger partial charge in [0.2, 0.25) is 0 Å². The van der Waals surface area contributed by atoms with Crippen molar-refractivity contribution in [1.82, 2.24) is 0 Å². The van der Waals surface area contributed by atoms with Gasteiger partial charge in [0.25, 0.3) is 0 Å². The lowest BCUT2D eigenvalue weighted by molar-refractivity contribution is 0.000642. The molecular formula is C10H24OSi. The number of rotatable bonds is 4. The Morgan fingerprint density at radius 2 is 1.67 bits per heavy atom. The van der Waals surface area contributed by atoms with E-state index in [1.807, 2.05) is 0 Å². The van der Waals surface area contributed by atoms with Gasteiger partial charge in [-0.15, -0.1) is 0 Å². The van der Waals surface area contributed by atoms with E-state index in [0.29, 0.717) is 17.8 Å². The maximum absolute atomic E-state index is 10.3. The largest absolute Gasteiger partial charge is 0.394 e. The van der Waals surface area contributed by atoms with E-state index >= 15 is 0 Å². The molecule has 0 radical (unpaired) electrons. The molecule has 0 aliphatic rings. The zero-order valence-corrected chi connectivity index (χ0v) is 11.4. The molecule has 0 fully saturated rings. The zero-order chi connectivity index (χ0) is 9.94. The van der Waals surface area contributed by atoms with Crippen LogP contribution in [0.4, 0.5) is 0 Å². The zero-order valence-electron chi connectivity index (χ0n) is 9.39. The number of aliphatic hydroxyl groups is 1. The van der Waals surface area contributed by atoms with Crippen LogP contribution in [0.2, 0.25) is 0 Å². The summed E-state index contributed by atoms with van der Waals surface area (Å²) in [6.07, 6.45) is 1.08. The Kier molecular flexibility index (Phi) is 4.49. The molecule has 0 aliphatic carbocycles. The second-order valence-corrected chi connectivity index (χ2v) is 6.17. The van der Waals surface area contributed by atoms with Gasteiger partial charge in [-0.2, -0.15) is 0 Å². The normalized spacial score (nSPS) is 22.2. The first-order chi connectivity index (χ1) is 5.34. The van der Waals surface area contributed by atoms with Crippen molar-refractivity contribution in [2.75, 3.05) is 0 Å². The standard InChI is InChI=1S/C10H24OSi/c1-6-8(4)10(11,12)9(5)7(2)3/h7-9,11H,6H2,1-5,12H3. The van der Waals surface area contributed by atoms with Crippen molar-refractivity contribution in [3.8, 4) is 0 Å². The van der Waals surface area contributed by atoms with Gasteiger partial charge in [0.05, 0.1) is 5.22 Å². The van der Waals surface area contributed by atoms with Crippen LogP contribution in [0.1, 0.15) is 41.0 Å². The highest BCUT2D eigenvalue weighted by Crippen LogP contribution is 2.30. The molecule has 1 nitrogen and oxygen atoms in total. The van der Waals surface area contributed by atoms with Crippen molar-refractivity contribution in [1.29, 1.82) is 0 Å². The molecule has 74 valence electrons. The summed E-state index contributed by atoms with van der Waals surface area (Å²) in [6.45, 7) is 10.9. The van der Waals surface area contributed by atoms with Crippen LogP contribution < -0.4 is 0 Å². The lowest BCUT2D eigenvalue weighted by Gasteiger charge is -2.38. The van der Waals surface area contributed by atoms with Crippen LogP contribution in [0.3, 0.4) is 0 Å². The summed E-state index contributed by atoms with van der Waals surface area (Å²) in [5, 5.41) is 9.91. The minimum atomic E-state index is -0.372. The third kappa shape index (κ3) is 2.59. The SMILES string of the molecule is CCC(C)C(O)([SiH3])C(C)C(C)C. The Morgan fingerprint density at radius 3 is 1.92 bits per heavy atom. The molecule has 0 aromatic rings. The third-order valence-electron chi connectivity index (χ3n) is 3.53. The Bertz CT molecular complexity index is 132. The third-order valence-corrected chi connectivity index (χ3v) is 5.43. The topological polar surface area (TPSA) is 20.2 Å². The molecule has 0 amide bonds. The maximum atomic E-state index is 10.3. The van der Waals surface area contributed by atoms with Gasteiger partial charge in [-0.1, -0.05) is 41.0 Å². The molecule has 0 bridgehead atoms. The van der Waals surface area contributed by atoms with Crippen molar-refractivity contribution in [3.05, 3.63) is 0 Å². The van der Waals surface area contributed by atoms with Gasteiger partial charge in [-0.05, 0) is 17.8 Å². The Labute approximate surface area is 80.0 Å². The Balaban J connectivity index is 4.37. The fourth-order valence-corrected chi connectivity index (χ4v) is 2.61. The lowest BCUT2D eigenvalue weighted by Crippen LogP contribution is -2.45. The van der Waals surface area contributed by atoms with Crippen molar-refractivity contribution >= 4 is 10.2 Å². The molecule has 12 heavy (non-hydrogen) atoms. The van der Waals surface area contributed by atoms with Gasteiger partial charge in [0, 0.05) is 10.2 Å². The predicted octanol–water partition coefficient (Wildman–Crippen LogP) is 1.38. The molecular weight excluding hydrogens is 164 g/mol. The summed E-state index contributed by atoms with van der Waals surface area (Å²) in [7, 11) is 0.879. The maximum Gasteiger partial charge on any atom is 0.0503 e. The molecule has 0 spiro atoms. The van der Waals surface area contributed by atoms with Gasteiger partial charge in [0.1, 0.15) is 0 Å². The van der Waals surface area contributed by atoms with Gasteiger partial charge in [-0.25, -0.2) is 0 Å². The summed E-state index contributed by atoms with van der Waals surface area (Å²) in [5.41, 5.74) is 0. The smallest absolute Gasteiger partial charge is 0.0503 e. The molecule has 0 heterocycles. The van der Waals surface area contributed by atoms with Crippen molar-refractivity contribution < 1.29 is 5.11 Å². The number of hydrogen-bond donors (Lipinski definition) is 1. The highest BCUT2D eigenvalue weighted by molar-refractivity contribution is 6.14. The van der Waals surface area contributed by atoms with Crippen LogP contribution in [-0.2, 0) is 0 Å². The summed E-state index contributed by atoms with van der Waals surface area (Å²) < 4.78 is 0. The van der Waals surface area contributed by atoms with E-state index < -0.39 is 0 Å². The van der Waals surface area contributed by atoms with E-state index in [9.17, 15) is 5.11 Å². The second-order valence-electron chi connectivity index (χ2n) is 4.57. The molecule has 3 unspecified atom stereocenters. The first-order valence-electron chi connectivity index (χ1n) is 5.06. The highest BCUT2D eigenvalue weighted by Gasteiger charge is 2.34. The summed E-state index contributed by atoms with van der Waals surface area (Å²) in [4.78, 5) is 0. The Morgan fingerprint density at radius 1 is 1.25 bits per heavy atom. The van der Waals surface area contributed by atoms with E-state index in [2.05, 4.69) is 34.6 Å². The molecule has 0 saturated carbocycles. The van der Waals surface area contributed by atoms with Gasteiger partial charge in [0.15, 0.2) is 0 Å². The molecule has 0 aromatic heterocycles. The van der Waals surface area contributed by atoms with Crippen LogP contribution in [-0.4, -0.2) is 20.6 Å². The minimum absolute atomic E-state index is 0.372. The van der Waals surface area contributed by atoms with Gasteiger partial charge >= 0.3 is 0 Å². The van der Waals surface area contributed by atoms with Crippen LogP contribution in [0, 0.1) is 17.8 Å². The second kappa shape index (κ2) is 4.42. The van der Waals surface area contributed by atoms with Crippen molar-refractivity contribution in [2.45, 2.75) is 46.3 Å². The summed E-state index contributed by atoms with van der Waals surface area (Å²) >= 11 is 0. The first kappa shape index (κ1) is 12.2. The molecule has 1 N–H and O–H groups in total. The van der Waals surface area contributed by atoms with Gasteiger partial charge < -0.3 is 5.11 Å². The van der Waals surface area contributed by atoms with Crippen molar-refractivity contribution in [2.24, 2.45) is 17.8 Å². The quantitative estimate of drug-likeness (QED) is 0.661. The van der Waals surface area contributed by atoms with Crippen molar-refractivity contribution in [3.63, 3.8) is 0 Å². The van der Waals surface area contributed by atoms with Crippen LogP contribution in [0.5, 0.6) is 0 Å². The van der Waals surface area contributed by atoms with E-state index in [0.717, 1.165) is 16.7 Å². The lowest BCUT2D eigenvalue weighted by atomic mass is 9.83. The van der Waals surface area contributed by atoms with E-state index in [1.165, 1.54) is 0 Å². The molecule has 2 heteroatoms. The highest BCUT2D eigenvalue weighted by atomic mass is 28.1. The predicted molar refractivity (Wildman–Crippen MR) is 58.3 cm³/mol. The fourth-order valence-electron chi connectivity index (χ4n) is 1.54. The summed E-state index contributed by atoms with van der Waals surface area (Å²) in [6, 6.07) is 0. The van der Waals surface area contributed by atoms with Crippen LogP contribution >= 0.6 is 0 Å². The van der Waals surface area contributed by atoms with E-state index in [1.54, 1.807) is 0 Å². The van der Waals surface area contributed by atoms with Crippen LogP contribution in [0.15, 0.2) is 0 Å². The molecule has 0 rings (SSSR count). The first-order valence-corrected chi connectivity index (χ1v) is 6.06. The van der Waals surface area contributed by atoms with E-state index in [4.69, 9.17) is 0 Å². The van der Waals surface area contributed by atoms with E-state index in [-0.39, 0.29) is 5.22 Å². The summed E-state index contributed by atoms with van der Waals surface area (Å²) in [5.74, 6) is 1.46. The molecule has 0 aromatic carbocycles. The number of hydrogen-bond acceptors (Lipinski definition) is 1. The average Bonchev–Trinajstić information content (AvgIpc) is 2.01. The van der Waals surface area contributed by atoms with Gasteiger partial charge in [-0.3, -0.25) is 0 Å². The molecule has 0 aliphatic heterocycles. The minimum Gasteiger partial charge on any atom is -0.394 e. The Hall–Kier alpha value is 0.177. The average molecular weight is 188 g/mol. The van der Waals surface area contributed by atoms with Crippen LogP contribution in [0.25, 0.3) is 0 Å². The monoisotopic (exact) mass is 188 g/mol. The fraction of sp³-hybridized carbons (Fsp3) is 1.00.